The average Bonchev–Trinajstić information content (AvgIpc) is 2.25. The van der Waals surface area contributed by atoms with E-state index in [4.69, 9.17) is 4.74 Å². The van der Waals surface area contributed by atoms with E-state index in [2.05, 4.69) is 26.8 Å². The summed E-state index contributed by atoms with van der Waals surface area (Å²) in [6, 6.07) is 0. The molecule has 0 spiro atoms. The highest BCUT2D eigenvalue weighted by atomic mass is 16.5. The van der Waals surface area contributed by atoms with Gasteiger partial charge in [-0.05, 0) is 49.7 Å². The first-order valence-electron chi connectivity index (χ1n) is 6.92. The fourth-order valence-electron chi connectivity index (χ4n) is 2.69. The van der Waals surface area contributed by atoms with Crippen molar-refractivity contribution in [1.29, 1.82) is 0 Å². The van der Waals surface area contributed by atoms with Crippen molar-refractivity contribution in [2.24, 2.45) is 5.41 Å². The van der Waals surface area contributed by atoms with Crippen LogP contribution in [0.5, 0.6) is 0 Å². The molecule has 0 aromatic heterocycles. The number of hydrogen-bond acceptors (Lipinski definition) is 2. The zero-order valence-corrected chi connectivity index (χ0v) is 12.4. The highest BCUT2D eigenvalue weighted by Crippen LogP contribution is 2.40. The van der Waals surface area contributed by atoms with Crippen LogP contribution in [0.2, 0.25) is 0 Å². The van der Waals surface area contributed by atoms with E-state index in [1.165, 1.54) is 37.3 Å². The summed E-state index contributed by atoms with van der Waals surface area (Å²) in [5, 5.41) is 0. The van der Waals surface area contributed by atoms with Crippen LogP contribution in [-0.2, 0) is 9.53 Å². The predicted molar refractivity (Wildman–Crippen MR) is 75.3 cm³/mol. The lowest BCUT2D eigenvalue weighted by Crippen LogP contribution is -2.20. The van der Waals surface area contributed by atoms with Crippen molar-refractivity contribution in [3.05, 3.63) is 23.3 Å². The van der Waals surface area contributed by atoms with E-state index in [0.29, 0.717) is 0 Å². The molecule has 1 aliphatic rings. The molecule has 0 aliphatic heterocycles. The Balaban J connectivity index is 2.83. The molecule has 0 N–H and O–H groups in total. The molecule has 0 amide bonds. The summed E-state index contributed by atoms with van der Waals surface area (Å²) in [5.74, 6) is -0.208. The summed E-state index contributed by atoms with van der Waals surface area (Å²) in [5.41, 5.74) is 3.13. The lowest BCUT2D eigenvalue weighted by atomic mass is 9.72. The van der Waals surface area contributed by atoms with E-state index in [1.807, 2.05) is 13.0 Å². The molecule has 1 aliphatic carbocycles. The van der Waals surface area contributed by atoms with Crippen molar-refractivity contribution >= 4 is 5.97 Å². The SMILES string of the molecule is CCC(C=CC1=C(C)CCCC1(C)C)OC(C)=O. The van der Waals surface area contributed by atoms with Crippen LogP contribution in [0.3, 0.4) is 0 Å². The van der Waals surface area contributed by atoms with Gasteiger partial charge in [-0.25, -0.2) is 0 Å². The van der Waals surface area contributed by atoms with Gasteiger partial charge in [-0.3, -0.25) is 4.79 Å². The topological polar surface area (TPSA) is 26.3 Å². The molecule has 1 atom stereocenters. The predicted octanol–water partition coefficient (Wildman–Crippen LogP) is 4.41. The first-order valence-corrected chi connectivity index (χ1v) is 6.92. The first-order chi connectivity index (χ1) is 8.36. The number of hydrogen-bond donors (Lipinski definition) is 0. The van der Waals surface area contributed by atoms with Crippen LogP contribution in [0.4, 0.5) is 0 Å². The summed E-state index contributed by atoms with van der Waals surface area (Å²) >= 11 is 0. The van der Waals surface area contributed by atoms with Crippen LogP contribution in [0.1, 0.15) is 60.3 Å². The molecule has 0 aromatic rings. The maximum absolute atomic E-state index is 11.0. The van der Waals surface area contributed by atoms with Crippen molar-refractivity contribution in [3.63, 3.8) is 0 Å². The second-order valence-electron chi connectivity index (χ2n) is 5.85. The summed E-state index contributed by atoms with van der Waals surface area (Å²) < 4.78 is 5.25. The Kier molecular flexibility index (Phi) is 5.18. The molecule has 0 radical (unpaired) electrons. The standard InChI is InChI=1S/C16H26O2/c1-6-14(18-13(3)17)9-10-15-12(2)8-7-11-16(15,4)5/h9-10,14H,6-8,11H2,1-5H3. The lowest BCUT2D eigenvalue weighted by molar-refractivity contribution is -0.144. The van der Waals surface area contributed by atoms with Crippen molar-refractivity contribution < 1.29 is 9.53 Å². The average molecular weight is 250 g/mol. The highest BCUT2D eigenvalue weighted by molar-refractivity contribution is 5.66. The smallest absolute Gasteiger partial charge is 0.303 e. The van der Waals surface area contributed by atoms with Crippen LogP contribution >= 0.6 is 0 Å². The molecule has 1 unspecified atom stereocenters. The molecule has 2 heteroatoms. The number of rotatable bonds is 4. The number of carbonyl (C=O) groups excluding carboxylic acids is 1. The fourth-order valence-corrected chi connectivity index (χ4v) is 2.69. The molecular formula is C16H26O2. The van der Waals surface area contributed by atoms with Crippen molar-refractivity contribution in [2.75, 3.05) is 0 Å². The van der Waals surface area contributed by atoms with Gasteiger partial charge in [0.25, 0.3) is 0 Å². The Morgan fingerprint density at radius 2 is 2.17 bits per heavy atom. The Hall–Kier alpha value is -1.05. The van der Waals surface area contributed by atoms with E-state index in [-0.39, 0.29) is 17.5 Å². The van der Waals surface area contributed by atoms with Crippen molar-refractivity contribution in [1.82, 2.24) is 0 Å². The molecule has 0 bridgehead atoms. The van der Waals surface area contributed by atoms with Crippen LogP contribution < -0.4 is 0 Å². The fraction of sp³-hybridized carbons (Fsp3) is 0.688. The van der Waals surface area contributed by atoms with Crippen LogP contribution in [0.25, 0.3) is 0 Å². The molecule has 18 heavy (non-hydrogen) atoms. The van der Waals surface area contributed by atoms with Crippen LogP contribution in [0, 0.1) is 5.41 Å². The van der Waals surface area contributed by atoms with Gasteiger partial charge in [0.05, 0.1) is 0 Å². The van der Waals surface area contributed by atoms with Gasteiger partial charge in [0, 0.05) is 6.92 Å². The Morgan fingerprint density at radius 3 is 2.67 bits per heavy atom. The van der Waals surface area contributed by atoms with E-state index < -0.39 is 0 Å². The highest BCUT2D eigenvalue weighted by Gasteiger charge is 2.26. The Labute approximate surface area is 111 Å². The second-order valence-corrected chi connectivity index (χ2v) is 5.85. The van der Waals surface area contributed by atoms with Crippen LogP contribution in [-0.4, -0.2) is 12.1 Å². The third-order valence-electron chi connectivity index (χ3n) is 3.74. The van der Waals surface area contributed by atoms with E-state index in [0.717, 1.165) is 6.42 Å². The maximum atomic E-state index is 11.0. The molecule has 0 fully saturated rings. The van der Waals surface area contributed by atoms with Crippen molar-refractivity contribution in [3.8, 4) is 0 Å². The monoisotopic (exact) mass is 250 g/mol. The van der Waals surface area contributed by atoms with E-state index in [1.54, 1.807) is 0 Å². The minimum Gasteiger partial charge on any atom is -0.458 e. The van der Waals surface area contributed by atoms with Crippen molar-refractivity contribution in [2.45, 2.75) is 66.4 Å². The summed E-state index contributed by atoms with van der Waals surface area (Å²) in [7, 11) is 0. The van der Waals surface area contributed by atoms with Gasteiger partial charge in [-0.1, -0.05) is 32.4 Å². The normalized spacial score (nSPS) is 21.2. The molecule has 2 nitrogen and oxygen atoms in total. The van der Waals surface area contributed by atoms with Gasteiger partial charge in [0.15, 0.2) is 0 Å². The zero-order chi connectivity index (χ0) is 13.8. The minimum absolute atomic E-state index is 0.0967. The quantitative estimate of drug-likeness (QED) is 0.691. The van der Waals surface area contributed by atoms with Gasteiger partial charge in [0.2, 0.25) is 0 Å². The summed E-state index contributed by atoms with van der Waals surface area (Å²) in [6.07, 6.45) is 8.63. The second kappa shape index (κ2) is 6.21. The number of ether oxygens (including phenoxy) is 1. The molecular weight excluding hydrogens is 224 g/mol. The molecule has 0 saturated carbocycles. The Bertz CT molecular complexity index is 361. The van der Waals surface area contributed by atoms with Gasteiger partial charge < -0.3 is 4.74 Å². The molecule has 0 aromatic carbocycles. The van der Waals surface area contributed by atoms with Gasteiger partial charge >= 0.3 is 5.97 Å². The largest absolute Gasteiger partial charge is 0.458 e. The third-order valence-corrected chi connectivity index (χ3v) is 3.74. The number of allylic oxidation sites excluding steroid dienone is 3. The molecule has 1 rings (SSSR count). The Morgan fingerprint density at radius 1 is 1.50 bits per heavy atom. The molecule has 0 saturated heterocycles. The van der Waals surface area contributed by atoms with Crippen LogP contribution in [0.15, 0.2) is 23.3 Å². The third kappa shape index (κ3) is 4.01. The lowest BCUT2D eigenvalue weighted by Gasteiger charge is -2.33. The summed E-state index contributed by atoms with van der Waals surface area (Å²) in [4.78, 5) is 11.0. The first kappa shape index (κ1) is 15.0. The van der Waals surface area contributed by atoms with E-state index in [9.17, 15) is 4.79 Å². The minimum atomic E-state index is -0.208. The van der Waals surface area contributed by atoms with E-state index >= 15 is 0 Å². The zero-order valence-electron chi connectivity index (χ0n) is 12.4. The molecule has 0 heterocycles. The molecule has 102 valence electrons. The van der Waals surface area contributed by atoms with Gasteiger partial charge in [-0.2, -0.15) is 0 Å². The summed E-state index contributed by atoms with van der Waals surface area (Å²) in [6.45, 7) is 10.3. The van der Waals surface area contributed by atoms with Gasteiger partial charge in [0.1, 0.15) is 6.10 Å². The maximum Gasteiger partial charge on any atom is 0.303 e. The number of carbonyl (C=O) groups is 1. The van der Waals surface area contributed by atoms with Gasteiger partial charge in [-0.15, -0.1) is 0 Å². The number of esters is 1.